The number of hydrogen-bond donors (Lipinski definition) is 1. The molecule has 4 heteroatoms. The summed E-state index contributed by atoms with van der Waals surface area (Å²) >= 11 is 0. The Bertz CT molecular complexity index is 507. The number of fused-ring (bicyclic) bond motifs is 1. The third-order valence-corrected chi connectivity index (χ3v) is 1.95. The first-order valence-corrected chi connectivity index (χ1v) is 3.78. The van der Waals surface area contributed by atoms with Crippen LogP contribution in [0.5, 0.6) is 0 Å². The summed E-state index contributed by atoms with van der Waals surface area (Å²) in [5.41, 5.74) is 8.08. The average molecular weight is 173 g/mol. The van der Waals surface area contributed by atoms with E-state index >= 15 is 0 Å². The van der Waals surface area contributed by atoms with E-state index < -0.39 is 0 Å². The van der Waals surface area contributed by atoms with E-state index in [1.165, 1.54) is 0 Å². The molecule has 2 aromatic rings. The molecule has 0 spiro atoms. The van der Waals surface area contributed by atoms with Crippen LogP contribution in [0.4, 0.5) is 6.01 Å². The Morgan fingerprint density at radius 2 is 2.31 bits per heavy atom. The Labute approximate surface area is 74.6 Å². The number of rotatable bonds is 0. The zero-order valence-corrected chi connectivity index (χ0v) is 7.03. The predicted octanol–water partition coefficient (Wildman–Crippen LogP) is 1.59. The number of oxazole rings is 1. The molecule has 13 heavy (non-hydrogen) atoms. The summed E-state index contributed by atoms with van der Waals surface area (Å²) in [4.78, 5) is 3.98. The van der Waals surface area contributed by atoms with Crippen LogP contribution in [0, 0.1) is 18.3 Å². The lowest BCUT2D eigenvalue weighted by Crippen LogP contribution is -1.84. The summed E-state index contributed by atoms with van der Waals surface area (Å²) in [6, 6.07) is 5.60. The quantitative estimate of drug-likeness (QED) is 0.656. The summed E-state index contributed by atoms with van der Waals surface area (Å²) < 4.78 is 5.11. The van der Waals surface area contributed by atoms with Gasteiger partial charge in [-0.3, -0.25) is 0 Å². The van der Waals surface area contributed by atoms with Gasteiger partial charge in [-0.05, 0) is 24.6 Å². The van der Waals surface area contributed by atoms with E-state index in [-0.39, 0.29) is 6.01 Å². The maximum Gasteiger partial charge on any atom is 0.292 e. The summed E-state index contributed by atoms with van der Waals surface area (Å²) in [6.07, 6.45) is 0. The van der Waals surface area contributed by atoms with Gasteiger partial charge in [-0.1, -0.05) is 0 Å². The first-order valence-electron chi connectivity index (χ1n) is 3.78. The fourth-order valence-electron chi connectivity index (χ4n) is 1.26. The van der Waals surface area contributed by atoms with Crippen molar-refractivity contribution in [2.45, 2.75) is 6.92 Å². The second-order valence-corrected chi connectivity index (χ2v) is 2.75. The number of benzene rings is 1. The fraction of sp³-hybridized carbons (Fsp3) is 0.111. The number of aryl methyl sites for hydroxylation is 1. The van der Waals surface area contributed by atoms with E-state index in [1.54, 1.807) is 12.1 Å². The highest BCUT2D eigenvalue weighted by Crippen LogP contribution is 2.22. The molecule has 2 rings (SSSR count). The van der Waals surface area contributed by atoms with Crippen molar-refractivity contribution >= 4 is 17.1 Å². The molecular weight excluding hydrogens is 166 g/mol. The standard InChI is InChI=1S/C9H7N3O/c1-5-6(4-10)2-3-7-8(5)12-9(11)13-7/h2-3H,1H3,(H2,11,12). The van der Waals surface area contributed by atoms with Crippen LogP contribution in [0.15, 0.2) is 16.5 Å². The number of hydrogen-bond acceptors (Lipinski definition) is 4. The Kier molecular flexibility index (Phi) is 1.46. The van der Waals surface area contributed by atoms with Crippen LogP contribution >= 0.6 is 0 Å². The minimum Gasteiger partial charge on any atom is -0.424 e. The molecule has 0 aliphatic carbocycles. The molecule has 0 amide bonds. The van der Waals surface area contributed by atoms with Gasteiger partial charge in [-0.15, -0.1) is 0 Å². The zero-order valence-electron chi connectivity index (χ0n) is 7.03. The van der Waals surface area contributed by atoms with Crippen LogP contribution in [0.1, 0.15) is 11.1 Å². The zero-order chi connectivity index (χ0) is 9.42. The van der Waals surface area contributed by atoms with Crippen LogP contribution in [-0.2, 0) is 0 Å². The van der Waals surface area contributed by atoms with Crippen molar-refractivity contribution in [1.82, 2.24) is 4.98 Å². The third-order valence-electron chi connectivity index (χ3n) is 1.95. The summed E-state index contributed by atoms with van der Waals surface area (Å²) in [7, 11) is 0. The molecule has 1 aromatic heterocycles. The lowest BCUT2D eigenvalue weighted by atomic mass is 10.1. The van der Waals surface area contributed by atoms with Crippen LogP contribution in [-0.4, -0.2) is 4.98 Å². The highest BCUT2D eigenvalue weighted by atomic mass is 16.4. The molecule has 0 aliphatic heterocycles. The highest BCUT2D eigenvalue weighted by Gasteiger charge is 2.08. The molecule has 0 saturated carbocycles. The van der Waals surface area contributed by atoms with Crippen molar-refractivity contribution in [2.75, 3.05) is 5.73 Å². The number of nitriles is 1. The van der Waals surface area contributed by atoms with Gasteiger partial charge in [0.05, 0.1) is 11.6 Å². The van der Waals surface area contributed by atoms with E-state index in [0.717, 1.165) is 5.56 Å². The second-order valence-electron chi connectivity index (χ2n) is 2.75. The van der Waals surface area contributed by atoms with Gasteiger partial charge in [0.15, 0.2) is 5.58 Å². The van der Waals surface area contributed by atoms with Crippen LogP contribution in [0.3, 0.4) is 0 Å². The average Bonchev–Trinajstić information content (AvgIpc) is 2.47. The van der Waals surface area contributed by atoms with E-state index in [1.807, 2.05) is 6.92 Å². The number of aromatic nitrogens is 1. The van der Waals surface area contributed by atoms with Crippen molar-refractivity contribution in [3.63, 3.8) is 0 Å². The van der Waals surface area contributed by atoms with Gasteiger partial charge in [0.2, 0.25) is 0 Å². The van der Waals surface area contributed by atoms with Gasteiger partial charge < -0.3 is 10.2 Å². The summed E-state index contributed by atoms with van der Waals surface area (Å²) in [6.45, 7) is 1.82. The smallest absolute Gasteiger partial charge is 0.292 e. The maximum atomic E-state index is 8.75. The lowest BCUT2D eigenvalue weighted by Gasteiger charge is -1.94. The topological polar surface area (TPSA) is 75.8 Å². The first kappa shape index (κ1) is 7.62. The number of nitrogens with zero attached hydrogens (tertiary/aromatic N) is 2. The van der Waals surface area contributed by atoms with Gasteiger partial charge >= 0.3 is 0 Å². The minimum atomic E-state index is 0.133. The first-order chi connectivity index (χ1) is 6.22. The Morgan fingerprint density at radius 1 is 1.54 bits per heavy atom. The third kappa shape index (κ3) is 1.02. The Hall–Kier alpha value is -2.02. The van der Waals surface area contributed by atoms with Crippen molar-refractivity contribution in [3.8, 4) is 6.07 Å². The highest BCUT2D eigenvalue weighted by molar-refractivity contribution is 5.80. The van der Waals surface area contributed by atoms with Gasteiger partial charge in [-0.2, -0.15) is 10.2 Å². The minimum absolute atomic E-state index is 0.133. The van der Waals surface area contributed by atoms with Crippen molar-refractivity contribution < 1.29 is 4.42 Å². The SMILES string of the molecule is Cc1c(C#N)ccc2oc(N)nc12. The van der Waals surface area contributed by atoms with Crippen LogP contribution < -0.4 is 5.73 Å². The van der Waals surface area contributed by atoms with E-state index in [2.05, 4.69) is 11.1 Å². The van der Waals surface area contributed by atoms with Crippen molar-refractivity contribution in [2.24, 2.45) is 0 Å². The summed E-state index contributed by atoms with van der Waals surface area (Å²) in [5.74, 6) is 0. The largest absolute Gasteiger partial charge is 0.424 e. The van der Waals surface area contributed by atoms with E-state index in [9.17, 15) is 0 Å². The van der Waals surface area contributed by atoms with Crippen LogP contribution in [0.25, 0.3) is 11.1 Å². The molecule has 0 unspecified atom stereocenters. The fourth-order valence-corrected chi connectivity index (χ4v) is 1.26. The van der Waals surface area contributed by atoms with Crippen LogP contribution in [0.2, 0.25) is 0 Å². The molecule has 0 saturated heterocycles. The van der Waals surface area contributed by atoms with Gasteiger partial charge in [-0.25, -0.2) is 0 Å². The number of nitrogens with two attached hydrogens (primary N) is 1. The lowest BCUT2D eigenvalue weighted by molar-refractivity contribution is 0.626. The molecule has 0 atom stereocenters. The Balaban J connectivity index is 2.87. The molecule has 0 aliphatic rings. The number of nitrogen functional groups attached to an aromatic ring is 1. The molecular formula is C9H7N3O. The molecule has 64 valence electrons. The van der Waals surface area contributed by atoms with E-state index in [0.29, 0.717) is 16.7 Å². The normalized spacial score (nSPS) is 10.2. The van der Waals surface area contributed by atoms with Crippen molar-refractivity contribution in [3.05, 3.63) is 23.3 Å². The maximum absolute atomic E-state index is 8.75. The second kappa shape index (κ2) is 2.49. The monoisotopic (exact) mass is 173 g/mol. The molecule has 2 N–H and O–H groups in total. The molecule has 1 heterocycles. The summed E-state index contributed by atoms with van der Waals surface area (Å²) in [5, 5.41) is 8.75. The van der Waals surface area contributed by atoms with E-state index in [4.69, 9.17) is 15.4 Å². The Morgan fingerprint density at radius 3 is 3.00 bits per heavy atom. The molecule has 0 radical (unpaired) electrons. The molecule has 0 fully saturated rings. The molecule has 1 aromatic carbocycles. The van der Waals surface area contributed by atoms with Crippen molar-refractivity contribution in [1.29, 1.82) is 5.26 Å². The predicted molar refractivity (Wildman–Crippen MR) is 47.9 cm³/mol. The van der Waals surface area contributed by atoms with Gasteiger partial charge in [0.1, 0.15) is 5.52 Å². The molecule has 0 bridgehead atoms. The van der Waals surface area contributed by atoms with Gasteiger partial charge in [0, 0.05) is 0 Å². The van der Waals surface area contributed by atoms with Gasteiger partial charge in [0.25, 0.3) is 6.01 Å². The number of anilines is 1. The molecule has 4 nitrogen and oxygen atoms in total.